The summed E-state index contributed by atoms with van der Waals surface area (Å²) < 4.78 is 37.4. The Morgan fingerprint density at radius 2 is 1.00 bits per heavy atom. The van der Waals surface area contributed by atoms with Crippen LogP contribution in [-0.4, -0.2) is 114 Å². The van der Waals surface area contributed by atoms with Crippen LogP contribution in [0.2, 0.25) is 0 Å². The van der Waals surface area contributed by atoms with E-state index in [0.717, 1.165) is 4.90 Å². The van der Waals surface area contributed by atoms with E-state index in [-0.39, 0.29) is 37.4 Å². The molecule has 0 aromatic rings. The van der Waals surface area contributed by atoms with Crippen LogP contribution < -0.4 is 0 Å². The van der Waals surface area contributed by atoms with Crippen molar-refractivity contribution in [3.63, 3.8) is 0 Å². The van der Waals surface area contributed by atoms with E-state index in [2.05, 4.69) is 0 Å². The Morgan fingerprint density at radius 3 is 1.38 bits per heavy atom. The number of rotatable bonds is 21. The first-order valence-corrected chi connectivity index (χ1v) is 11.5. The predicted molar refractivity (Wildman–Crippen MR) is 121 cm³/mol. The van der Waals surface area contributed by atoms with Gasteiger partial charge in [0.1, 0.15) is 5.60 Å². The molecule has 0 atom stereocenters. The van der Waals surface area contributed by atoms with Crippen molar-refractivity contribution in [2.24, 2.45) is 0 Å². The van der Waals surface area contributed by atoms with Gasteiger partial charge in [-0.05, 0) is 20.8 Å². The zero-order valence-electron chi connectivity index (χ0n) is 20.6. The highest BCUT2D eigenvalue weighted by Gasteiger charge is 2.22. The molecule has 11 nitrogen and oxygen atoms in total. The van der Waals surface area contributed by atoms with Gasteiger partial charge in [0.15, 0.2) is 0 Å². The highest BCUT2D eigenvalue weighted by Crippen LogP contribution is 2.08. The maximum absolute atomic E-state index is 11.5. The van der Waals surface area contributed by atoms with Gasteiger partial charge in [0, 0.05) is 12.2 Å². The normalized spacial score (nSPS) is 13.8. The number of imide groups is 1. The fourth-order valence-corrected chi connectivity index (χ4v) is 2.56. The minimum absolute atomic E-state index is 0.225. The zero-order chi connectivity index (χ0) is 25.1. The molecule has 196 valence electrons. The minimum Gasteiger partial charge on any atom is -0.460 e. The van der Waals surface area contributed by atoms with Crippen molar-refractivity contribution in [1.82, 2.24) is 4.90 Å². The number of amides is 2. The standard InChI is InChI=1S/C23H39NO10/c1-23(2,3)34-22(27)6-8-28-10-12-30-14-16-32-18-19-33-17-15-31-13-11-29-9-7-24-20(25)4-5-21(24)26/h4-5H,6-19H2,1-3H3. The topological polar surface area (TPSA) is 119 Å². The summed E-state index contributed by atoms with van der Waals surface area (Å²) in [5, 5.41) is 0. The molecule has 0 spiro atoms. The lowest BCUT2D eigenvalue weighted by Crippen LogP contribution is -2.33. The lowest BCUT2D eigenvalue weighted by atomic mass is 10.2. The van der Waals surface area contributed by atoms with E-state index >= 15 is 0 Å². The summed E-state index contributed by atoms with van der Waals surface area (Å²) in [6.45, 7) is 10.7. The third-order valence-electron chi connectivity index (χ3n) is 4.09. The number of carbonyl (C=O) groups excluding carboxylic acids is 3. The van der Waals surface area contributed by atoms with Gasteiger partial charge in [-0.1, -0.05) is 0 Å². The molecule has 2 amide bonds. The van der Waals surface area contributed by atoms with E-state index < -0.39 is 5.60 Å². The van der Waals surface area contributed by atoms with Gasteiger partial charge in [-0.3, -0.25) is 19.3 Å². The van der Waals surface area contributed by atoms with Crippen molar-refractivity contribution in [2.75, 3.05) is 85.8 Å². The number of hydrogen-bond donors (Lipinski definition) is 0. The molecule has 0 radical (unpaired) electrons. The quantitative estimate of drug-likeness (QED) is 0.130. The number of esters is 1. The molecular weight excluding hydrogens is 450 g/mol. The molecule has 0 saturated carbocycles. The third-order valence-corrected chi connectivity index (χ3v) is 4.09. The SMILES string of the molecule is CC(C)(C)OC(=O)CCOCCOCCOCCOCCOCCOCCN1C(=O)C=CC1=O. The molecule has 1 aliphatic rings. The van der Waals surface area contributed by atoms with Gasteiger partial charge in [0.25, 0.3) is 11.8 Å². The van der Waals surface area contributed by atoms with E-state index in [4.69, 9.17) is 33.2 Å². The van der Waals surface area contributed by atoms with Crippen molar-refractivity contribution in [3.05, 3.63) is 12.2 Å². The van der Waals surface area contributed by atoms with E-state index in [0.29, 0.717) is 72.7 Å². The Balaban J connectivity index is 1.72. The molecule has 0 N–H and O–H groups in total. The van der Waals surface area contributed by atoms with Crippen LogP contribution in [0, 0.1) is 0 Å². The molecule has 11 heteroatoms. The predicted octanol–water partition coefficient (Wildman–Crippen LogP) is 0.743. The van der Waals surface area contributed by atoms with Crippen LogP contribution in [0.25, 0.3) is 0 Å². The Bertz CT molecular complexity index is 599. The average Bonchev–Trinajstić information content (AvgIpc) is 3.08. The highest BCUT2D eigenvalue weighted by atomic mass is 16.6. The number of ether oxygens (including phenoxy) is 7. The van der Waals surface area contributed by atoms with E-state index in [1.165, 1.54) is 12.2 Å². The van der Waals surface area contributed by atoms with Crippen LogP contribution >= 0.6 is 0 Å². The van der Waals surface area contributed by atoms with Gasteiger partial charge in [-0.15, -0.1) is 0 Å². The second-order valence-corrected chi connectivity index (χ2v) is 8.17. The van der Waals surface area contributed by atoms with E-state index in [9.17, 15) is 14.4 Å². The van der Waals surface area contributed by atoms with Crippen LogP contribution in [0.4, 0.5) is 0 Å². The van der Waals surface area contributed by atoms with Crippen molar-refractivity contribution >= 4 is 17.8 Å². The molecule has 0 aliphatic carbocycles. The van der Waals surface area contributed by atoms with Gasteiger partial charge < -0.3 is 33.2 Å². The Morgan fingerprint density at radius 1 is 0.647 bits per heavy atom. The summed E-state index contributed by atoms with van der Waals surface area (Å²) in [7, 11) is 0. The minimum atomic E-state index is -0.477. The van der Waals surface area contributed by atoms with Crippen LogP contribution in [0.5, 0.6) is 0 Å². The number of nitrogens with zero attached hydrogens (tertiary/aromatic N) is 1. The molecule has 34 heavy (non-hydrogen) atoms. The molecule has 0 fully saturated rings. The number of carbonyl (C=O) groups is 3. The summed E-state index contributed by atoms with van der Waals surface area (Å²) in [6, 6.07) is 0. The summed E-state index contributed by atoms with van der Waals surface area (Å²) in [4.78, 5) is 35.3. The second kappa shape index (κ2) is 18.4. The van der Waals surface area contributed by atoms with Crippen molar-refractivity contribution < 1.29 is 47.5 Å². The van der Waals surface area contributed by atoms with Gasteiger partial charge in [0.05, 0.1) is 92.2 Å². The summed E-state index contributed by atoms with van der Waals surface area (Å²) in [5.74, 6) is -0.890. The fourth-order valence-electron chi connectivity index (χ4n) is 2.56. The molecule has 0 bridgehead atoms. The van der Waals surface area contributed by atoms with Crippen LogP contribution in [0.15, 0.2) is 12.2 Å². The van der Waals surface area contributed by atoms with Gasteiger partial charge in [-0.25, -0.2) is 0 Å². The Labute approximate surface area is 201 Å². The van der Waals surface area contributed by atoms with E-state index in [1.54, 1.807) is 0 Å². The molecular formula is C23H39NO10. The lowest BCUT2D eigenvalue weighted by molar-refractivity contribution is -0.156. The summed E-state index contributed by atoms with van der Waals surface area (Å²) in [6.07, 6.45) is 2.73. The van der Waals surface area contributed by atoms with Crippen molar-refractivity contribution in [2.45, 2.75) is 32.8 Å². The van der Waals surface area contributed by atoms with Crippen molar-refractivity contribution in [1.29, 1.82) is 0 Å². The first-order chi connectivity index (χ1) is 16.3. The van der Waals surface area contributed by atoms with Crippen LogP contribution in [0.1, 0.15) is 27.2 Å². The van der Waals surface area contributed by atoms with Crippen molar-refractivity contribution in [3.8, 4) is 0 Å². The first-order valence-electron chi connectivity index (χ1n) is 11.5. The molecule has 0 aromatic heterocycles. The Hall–Kier alpha value is -1.89. The molecule has 0 unspecified atom stereocenters. The summed E-state index contributed by atoms with van der Waals surface area (Å²) >= 11 is 0. The monoisotopic (exact) mass is 489 g/mol. The smallest absolute Gasteiger partial charge is 0.308 e. The fraction of sp³-hybridized carbons (Fsp3) is 0.783. The van der Waals surface area contributed by atoms with Gasteiger partial charge >= 0.3 is 5.97 Å². The largest absolute Gasteiger partial charge is 0.460 e. The molecule has 1 aliphatic heterocycles. The van der Waals surface area contributed by atoms with E-state index in [1.807, 2.05) is 20.8 Å². The maximum Gasteiger partial charge on any atom is 0.308 e. The van der Waals surface area contributed by atoms with Gasteiger partial charge in [0.2, 0.25) is 0 Å². The second-order valence-electron chi connectivity index (χ2n) is 8.17. The maximum atomic E-state index is 11.5. The lowest BCUT2D eigenvalue weighted by Gasteiger charge is -2.19. The zero-order valence-corrected chi connectivity index (χ0v) is 20.6. The van der Waals surface area contributed by atoms with Crippen LogP contribution in [-0.2, 0) is 47.5 Å². The molecule has 0 aromatic carbocycles. The first kappa shape index (κ1) is 30.1. The van der Waals surface area contributed by atoms with Gasteiger partial charge in [-0.2, -0.15) is 0 Å². The molecule has 1 rings (SSSR count). The summed E-state index contributed by atoms with van der Waals surface area (Å²) in [5.41, 5.74) is -0.477. The average molecular weight is 490 g/mol. The van der Waals surface area contributed by atoms with Crippen LogP contribution in [0.3, 0.4) is 0 Å². The highest BCUT2D eigenvalue weighted by molar-refractivity contribution is 6.12. The molecule has 1 heterocycles. The number of hydrogen-bond acceptors (Lipinski definition) is 10. The third kappa shape index (κ3) is 16.7. The molecule has 0 saturated heterocycles. The Kier molecular flexibility index (Phi) is 16.3.